The van der Waals surface area contributed by atoms with Crippen molar-refractivity contribution in [2.45, 2.75) is 37.4 Å². The van der Waals surface area contributed by atoms with Crippen LogP contribution in [0.1, 0.15) is 31.2 Å². The molecule has 1 atom stereocenters. The van der Waals surface area contributed by atoms with E-state index in [1.54, 1.807) is 28.9 Å². The van der Waals surface area contributed by atoms with E-state index in [9.17, 15) is 9.90 Å². The molecule has 1 aliphatic heterocycles. The lowest BCUT2D eigenvalue weighted by Gasteiger charge is -2.25. The molecule has 11 heteroatoms. The van der Waals surface area contributed by atoms with Crippen molar-refractivity contribution in [2.24, 2.45) is 7.05 Å². The van der Waals surface area contributed by atoms with Gasteiger partial charge < -0.3 is 20.1 Å². The van der Waals surface area contributed by atoms with Gasteiger partial charge in [0.25, 0.3) is 11.8 Å². The smallest absolute Gasteiger partial charge is 0.258 e. The molecule has 10 nitrogen and oxygen atoms in total. The number of likely N-dealkylation sites (N-methyl/N-ethyl adjacent to an activating group) is 1. The molecule has 1 aliphatic carbocycles. The number of thiazole rings is 1. The van der Waals surface area contributed by atoms with Gasteiger partial charge in [0.1, 0.15) is 22.5 Å². The second-order valence-electron chi connectivity index (χ2n) is 9.54. The van der Waals surface area contributed by atoms with Crippen LogP contribution >= 0.6 is 11.3 Å². The van der Waals surface area contributed by atoms with Crippen LogP contribution in [0.4, 0.5) is 11.6 Å². The number of carbonyl (C=O) groups excluding carboxylic acids is 1. The molecule has 2 aliphatic rings. The van der Waals surface area contributed by atoms with Gasteiger partial charge in [-0.15, -0.1) is 16.4 Å². The summed E-state index contributed by atoms with van der Waals surface area (Å²) in [6, 6.07) is 9.22. The molecule has 4 heterocycles. The van der Waals surface area contributed by atoms with E-state index in [4.69, 9.17) is 9.72 Å². The summed E-state index contributed by atoms with van der Waals surface area (Å²) in [5, 5.41) is 21.4. The van der Waals surface area contributed by atoms with Crippen molar-refractivity contribution in [1.82, 2.24) is 29.6 Å². The zero-order chi connectivity index (χ0) is 25.6. The van der Waals surface area contributed by atoms with Gasteiger partial charge in [0.15, 0.2) is 5.60 Å². The van der Waals surface area contributed by atoms with Crippen molar-refractivity contribution in [3.05, 3.63) is 53.7 Å². The highest BCUT2D eigenvalue weighted by atomic mass is 32.1. The molecule has 1 saturated heterocycles. The number of nitrogens with zero attached hydrogens (tertiary/aromatic N) is 6. The number of carbonyl (C=O) groups is 1. The molecule has 6 rings (SSSR count). The van der Waals surface area contributed by atoms with E-state index >= 15 is 0 Å². The van der Waals surface area contributed by atoms with Crippen LogP contribution in [0.15, 0.2) is 48.1 Å². The molecule has 0 radical (unpaired) electrons. The highest BCUT2D eigenvalue weighted by Gasteiger charge is 2.45. The first-order valence-electron chi connectivity index (χ1n) is 12.2. The predicted molar refractivity (Wildman–Crippen MR) is 139 cm³/mol. The van der Waals surface area contributed by atoms with Crippen molar-refractivity contribution in [3.8, 4) is 27.8 Å². The third-order valence-electron chi connectivity index (χ3n) is 6.89. The van der Waals surface area contributed by atoms with E-state index in [0.717, 1.165) is 23.4 Å². The highest BCUT2D eigenvalue weighted by molar-refractivity contribution is 7.13. The zero-order valence-corrected chi connectivity index (χ0v) is 21.4. The Labute approximate surface area is 218 Å². The Balaban J connectivity index is 1.23. The van der Waals surface area contributed by atoms with Gasteiger partial charge in [-0.25, -0.2) is 15.0 Å². The monoisotopic (exact) mass is 517 g/mol. The molecule has 190 valence electrons. The summed E-state index contributed by atoms with van der Waals surface area (Å²) in [7, 11) is 3.56. The number of likely N-dealkylation sites (tertiary alicyclic amines) is 1. The van der Waals surface area contributed by atoms with Gasteiger partial charge in [-0.2, -0.15) is 0 Å². The van der Waals surface area contributed by atoms with E-state index in [-0.39, 0.29) is 12.0 Å². The normalized spacial score (nSPS) is 19.8. The van der Waals surface area contributed by atoms with Gasteiger partial charge in [-0.1, -0.05) is 18.2 Å². The topological polar surface area (TPSA) is 118 Å². The lowest BCUT2D eigenvalue weighted by molar-refractivity contribution is -0.143. The second-order valence-corrected chi connectivity index (χ2v) is 10.4. The Hall–Kier alpha value is -3.83. The number of hydrogen-bond acceptors (Lipinski definition) is 9. The molecule has 2 fully saturated rings. The Bertz CT molecular complexity index is 1460. The van der Waals surface area contributed by atoms with Crippen LogP contribution in [0.3, 0.4) is 0 Å². The molecule has 1 unspecified atom stereocenters. The minimum Gasteiger partial charge on any atom is -0.472 e. The molecular weight excluding hydrogens is 490 g/mol. The van der Waals surface area contributed by atoms with E-state index in [1.807, 2.05) is 42.9 Å². The van der Waals surface area contributed by atoms with E-state index in [2.05, 4.69) is 20.4 Å². The number of aliphatic hydroxyl groups is 1. The maximum Gasteiger partial charge on any atom is 0.258 e. The first kappa shape index (κ1) is 23.6. The number of nitrogens with one attached hydrogen (secondary N) is 1. The van der Waals surface area contributed by atoms with Gasteiger partial charge in [-0.05, 0) is 37.0 Å². The Morgan fingerprint density at radius 2 is 2.05 bits per heavy atom. The summed E-state index contributed by atoms with van der Waals surface area (Å²) < 4.78 is 7.71. The summed E-state index contributed by atoms with van der Waals surface area (Å²) in [6.07, 6.45) is 7.39. The number of benzene rings is 1. The van der Waals surface area contributed by atoms with Crippen LogP contribution < -0.4 is 10.1 Å². The largest absolute Gasteiger partial charge is 0.472 e. The molecule has 1 aromatic carbocycles. The maximum absolute atomic E-state index is 12.6. The summed E-state index contributed by atoms with van der Waals surface area (Å²) in [6.45, 7) is 0.526. The minimum absolute atomic E-state index is 0.211. The third-order valence-corrected chi connectivity index (χ3v) is 7.78. The minimum atomic E-state index is -1.49. The summed E-state index contributed by atoms with van der Waals surface area (Å²) in [5.41, 5.74) is 2.03. The lowest BCUT2D eigenvalue weighted by atomic mass is 9.91. The number of aromatic nitrogens is 5. The molecular formula is C26H27N7O3S. The van der Waals surface area contributed by atoms with E-state index in [1.165, 1.54) is 17.8 Å². The molecule has 0 spiro atoms. The summed E-state index contributed by atoms with van der Waals surface area (Å²) in [4.78, 5) is 27.9. The standard InChI is InChI=1S/C26H27N7O3S/c1-32-12-10-26(35,24(32)34)17-6-3-5-16(13-17)23-28-21(15-37-23)19-9-11-27-25(29-19)30-20-14-33(2)31-22(20)36-18-7-4-8-18/h3,5-6,9,11,13-15,18,35H,4,7-8,10,12H2,1-2H3,(H,27,29,30). The number of aryl methyl sites for hydroxylation is 1. The summed E-state index contributed by atoms with van der Waals surface area (Å²) >= 11 is 1.48. The number of ether oxygens (including phenoxy) is 1. The van der Waals surface area contributed by atoms with Crippen molar-refractivity contribution in [3.63, 3.8) is 0 Å². The molecule has 1 saturated carbocycles. The SMILES string of the molecule is CN1CCC(O)(c2cccc(-c3nc(-c4ccnc(Nc5cn(C)nc5OC5CCC5)n4)cs3)c2)C1=O. The molecule has 2 N–H and O–H groups in total. The van der Waals surface area contributed by atoms with Crippen molar-refractivity contribution in [1.29, 1.82) is 0 Å². The zero-order valence-electron chi connectivity index (χ0n) is 20.6. The third kappa shape index (κ3) is 4.44. The van der Waals surface area contributed by atoms with E-state index < -0.39 is 5.60 Å². The lowest BCUT2D eigenvalue weighted by Crippen LogP contribution is -2.36. The molecule has 37 heavy (non-hydrogen) atoms. The second kappa shape index (κ2) is 9.24. The van der Waals surface area contributed by atoms with Crippen molar-refractivity contribution < 1.29 is 14.6 Å². The number of rotatable bonds is 7. The average molecular weight is 518 g/mol. The fraction of sp³-hybridized carbons (Fsp3) is 0.346. The molecule has 1 amide bonds. The van der Waals surface area contributed by atoms with Crippen LogP contribution in [0.5, 0.6) is 5.88 Å². The van der Waals surface area contributed by atoms with Crippen LogP contribution in [-0.4, -0.2) is 60.3 Å². The molecule has 3 aromatic heterocycles. The molecule has 0 bridgehead atoms. The maximum atomic E-state index is 12.6. The van der Waals surface area contributed by atoms with Gasteiger partial charge >= 0.3 is 0 Å². The number of hydrogen-bond donors (Lipinski definition) is 2. The van der Waals surface area contributed by atoms with Crippen LogP contribution in [-0.2, 0) is 17.4 Å². The first-order chi connectivity index (χ1) is 17.9. The van der Waals surface area contributed by atoms with Crippen molar-refractivity contribution >= 4 is 28.9 Å². The average Bonchev–Trinajstić information content (AvgIpc) is 3.57. The van der Waals surface area contributed by atoms with Crippen LogP contribution in [0.25, 0.3) is 22.0 Å². The first-order valence-corrected chi connectivity index (χ1v) is 13.1. The number of anilines is 2. The van der Waals surface area contributed by atoms with Gasteiger partial charge in [0.05, 0.1) is 11.9 Å². The van der Waals surface area contributed by atoms with Crippen LogP contribution in [0.2, 0.25) is 0 Å². The number of amides is 1. The quantitative estimate of drug-likeness (QED) is 0.381. The van der Waals surface area contributed by atoms with Gasteiger partial charge in [0.2, 0.25) is 5.95 Å². The highest BCUT2D eigenvalue weighted by Crippen LogP contribution is 2.36. The fourth-order valence-electron chi connectivity index (χ4n) is 4.52. The van der Waals surface area contributed by atoms with Crippen LogP contribution in [0, 0.1) is 0 Å². The van der Waals surface area contributed by atoms with E-state index in [0.29, 0.717) is 47.4 Å². The molecule has 4 aromatic rings. The van der Waals surface area contributed by atoms with Gasteiger partial charge in [-0.3, -0.25) is 9.48 Å². The summed E-state index contributed by atoms with van der Waals surface area (Å²) in [5.74, 6) is 0.692. The Morgan fingerprint density at radius 3 is 2.81 bits per heavy atom. The predicted octanol–water partition coefficient (Wildman–Crippen LogP) is 3.73. The Kier molecular flexibility index (Phi) is 5.88. The fourth-order valence-corrected chi connectivity index (χ4v) is 5.34. The van der Waals surface area contributed by atoms with Crippen molar-refractivity contribution in [2.75, 3.05) is 18.9 Å². The van der Waals surface area contributed by atoms with Gasteiger partial charge in [0, 0.05) is 44.2 Å². The Morgan fingerprint density at radius 1 is 1.19 bits per heavy atom.